The summed E-state index contributed by atoms with van der Waals surface area (Å²) >= 11 is 0. The normalized spacial score (nSPS) is 14.3. The monoisotopic (exact) mass is 411 g/mol. The molecule has 0 spiro atoms. The minimum absolute atomic E-state index is 0.0946. The number of nitrogens with two attached hydrogens (primary N) is 1. The summed E-state index contributed by atoms with van der Waals surface area (Å²) in [6.45, 7) is 3.30. The molecule has 0 radical (unpaired) electrons. The van der Waals surface area contributed by atoms with Crippen LogP contribution >= 0.6 is 0 Å². The number of anilines is 1. The van der Waals surface area contributed by atoms with Gasteiger partial charge in [0.15, 0.2) is 0 Å². The fourth-order valence-corrected chi connectivity index (χ4v) is 5.46. The summed E-state index contributed by atoms with van der Waals surface area (Å²) in [5, 5.41) is 16.2. The Labute approximate surface area is 156 Å². The fourth-order valence-electron chi connectivity index (χ4n) is 3.08. The average Bonchev–Trinajstić information content (AvgIpc) is 2.99. The Morgan fingerprint density at radius 2 is 1.78 bits per heavy atom. The van der Waals surface area contributed by atoms with Crippen LogP contribution in [0.3, 0.4) is 0 Å². The van der Waals surface area contributed by atoms with Gasteiger partial charge in [-0.15, -0.1) is 0 Å². The van der Waals surface area contributed by atoms with E-state index in [1.807, 2.05) is 0 Å². The number of nitro benzene ring substituents is 1. The highest BCUT2D eigenvalue weighted by molar-refractivity contribution is 7.93. The third-order valence-electron chi connectivity index (χ3n) is 4.62. The number of sulfonamides is 2. The molecular weight excluding hydrogens is 394 g/mol. The van der Waals surface area contributed by atoms with Crippen molar-refractivity contribution < 1.29 is 21.8 Å². The Morgan fingerprint density at radius 1 is 1.11 bits per heavy atom. The number of hydrogen-bond donors (Lipinski definition) is 1. The first kappa shape index (κ1) is 19.3. The molecule has 1 aliphatic rings. The Balaban J connectivity index is 2.13. The van der Waals surface area contributed by atoms with Crippen LogP contribution in [0.4, 0.5) is 11.4 Å². The van der Waals surface area contributed by atoms with Crippen LogP contribution in [0.15, 0.2) is 40.1 Å². The van der Waals surface area contributed by atoms with Crippen molar-refractivity contribution in [2.24, 2.45) is 5.14 Å². The number of rotatable bonds is 4. The van der Waals surface area contributed by atoms with Gasteiger partial charge in [0.25, 0.3) is 15.7 Å². The van der Waals surface area contributed by atoms with Gasteiger partial charge in [0, 0.05) is 18.7 Å². The first-order valence-corrected chi connectivity index (χ1v) is 10.9. The minimum atomic E-state index is -4.06. The van der Waals surface area contributed by atoms with Crippen LogP contribution in [0.1, 0.15) is 16.7 Å². The van der Waals surface area contributed by atoms with E-state index in [1.165, 1.54) is 24.3 Å². The summed E-state index contributed by atoms with van der Waals surface area (Å²) in [4.78, 5) is 10.3. The summed E-state index contributed by atoms with van der Waals surface area (Å²) in [5.41, 5.74) is 1.48. The largest absolute Gasteiger partial charge is 0.271 e. The van der Waals surface area contributed by atoms with Crippen molar-refractivity contribution in [2.45, 2.75) is 30.1 Å². The quantitative estimate of drug-likeness (QED) is 0.598. The second-order valence-corrected chi connectivity index (χ2v) is 9.70. The highest BCUT2D eigenvalue weighted by Gasteiger charge is 2.34. The molecule has 3 rings (SSSR count). The minimum Gasteiger partial charge on any atom is -0.266 e. The summed E-state index contributed by atoms with van der Waals surface area (Å²) in [6, 6.07) is 6.36. The van der Waals surface area contributed by atoms with Crippen molar-refractivity contribution in [2.75, 3.05) is 10.8 Å². The molecule has 144 valence electrons. The molecule has 0 atom stereocenters. The standard InChI is InChI=1S/C16H17N3O6S2/c1-10-7-13(19(20)21)9-16(11(10)2)27(24,25)18-6-5-12-8-14(26(17,22)23)3-4-15(12)18/h3-4,7-9H,5-6H2,1-2H3,(H2,17,22,23). The maximum Gasteiger partial charge on any atom is 0.271 e. The molecule has 2 N–H and O–H groups in total. The van der Waals surface area contributed by atoms with Crippen LogP contribution in [0.25, 0.3) is 0 Å². The van der Waals surface area contributed by atoms with E-state index >= 15 is 0 Å². The van der Waals surface area contributed by atoms with Gasteiger partial charge in [-0.1, -0.05) is 0 Å². The highest BCUT2D eigenvalue weighted by atomic mass is 32.2. The average molecular weight is 411 g/mol. The molecule has 0 bridgehead atoms. The van der Waals surface area contributed by atoms with Gasteiger partial charge in [-0.05, 0) is 55.2 Å². The SMILES string of the molecule is Cc1cc([N+](=O)[O-])cc(S(=O)(=O)N2CCc3cc(S(N)(=O)=O)ccc32)c1C. The lowest BCUT2D eigenvalue weighted by atomic mass is 10.1. The van der Waals surface area contributed by atoms with E-state index in [4.69, 9.17) is 5.14 Å². The van der Waals surface area contributed by atoms with Gasteiger partial charge in [-0.3, -0.25) is 14.4 Å². The summed E-state index contributed by atoms with van der Waals surface area (Å²) in [5.74, 6) is 0. The number of hydrogen-bond acceptors (Lipinski definition) is 6. The fraction of sp³-hybridized carbons (Fsp3) is 0.250. The van der Waals surface area contributed by atoms with E-state index in [9.17, 15) is 26.9 Å². The number of aryl methyl sites for hydroxylation is 1. The first-order valence-electron chi connectivity index (χ1n) is 7.87. The Kier molecular flexibility index (Phi) is 4.49. The van der Waals surface area contributed by atoms with E-state index in [1.54, 1.807) is 13.8 Å². The molecule has 0 aromatic heterocycles. The van der Waals surface area contributed by atoms with Gasteiger partial charge in [0.05, 0.1) is 20.4 Å². The molecule has 0 saturated carbocycles. The molecule has 2 aromatic carbocycles. The Bertz CT molecular complexity index is 1170. The van der Waals surface area contributed by atoms with E-state index in [2.05, 4.69) is 0 Å². The van der Waals surface area contributed by atoms with Crippen molar-refractivity contribution in [3.05, 3.63) is 57.1 Å². The van der Waals surface area contributed by atoms with Crippen LogP contribution in [-0.4, -0.2) is 28.3 Å². The zero-order valence-electron chi connectivity index (χ0n) is 14.5. The van der Waals surface area contributed by atoms with Crippen molar-refractivity contribution in [3.63, 3.8) is 0 Å². The molecule has 27 heavy (non-hydrogen) atoms. The van der Waals surface area contributed by atoms with Gasteiger partial charge in [0.1, 0.15) is 0 Å². The second-order valence-electron chi connectivity index (χ2n) is 6.31. The highest BCUT2D eigenvalue weighted by Crippen LogP contribution is 2.36. The van der Waals surface area contributed by atoms with Gasteiger partial charge < -0.3 is 0 Å². The number of nitro groups is 1. The van der Waals surface area contributed by atoms with Gasteiger partial charge in [0.2, 0.25) is 10.0 Å². The van der Waals surface area contributed by atoms with Crippen molar-refractivity contribution in [1.82, 2.24) is 0 Å². The van der Waals surface area contributed by atoms with Crippen molar-refractivity contribution in [3.8, 4) is 0 Å². The number of fused-ring (bicyclic) bond motifs is 1. The molecule has 1 heterocycles. The molecule has 2 aromatic rings. The zero-order chi connectivity index (χ0) is 20.1. The molecule has 0 unspecified atom stereocenters. The molecule has 11 heteroatoms. The van der Waals surface area contributed by atoms with Crippen LogP contribution in [0.2, 0.25) is 0 Å². The second kappa shape index (κ2) is 6.29. The predicted molar refractivity (Wildman–Crippen MR) is 98.6 cm³/mol. The molecule has 9 nitrogen and oxygen atoms in total. The van der Waals surface area contributed by atoms with Crippen molar-refractivity contribution in [1.29, 1.82) is 0 Å². The van der Waals surface area contributed by atoms with Gasteiger partial charge in [-0.2, -0.15) is 0 Å². The molecule has 0 aliphatic carbocycles. The van der Waals surface area contributed by atoms with Crippen LogP contribution in [-0.2, 0) is 26.5 Å². The number of nitrogens with zero attached hydrogens (tertiary/aromatic N) is 2. The molecule has 1 aliphatic heterocycles. The maximum absolute atomic E-state index is 13.2. The van der Waals surface area contributed by atoms with Crippen LogP contribution < -0.4 is 9.44 Å². The van der Waals surface area contributed by atoms with Crippen molar-refractivity contribution >= 4 is 31.4 Å². The molecule has 0 fully saturated rings. The lowest BCUT2D eigenvalue weighted by Crippen LogP contribution is -2.30. The maximum atomic E-state index is 13.2. The van der Waals surface area contributed by atoms with E-state index in [0.717, 1.165) is 10.4 Å². The Morgan fingerprint density at radius 3 is 2.37 bits per heavy atom. The van der Waals surface area contributed by atoms with E-state index < -0.39 is 25.0 Å². The van der Waals surface area contributed by atoms with Gasteiger partial charge >= 0.3 is 0 Å². The summed E-state index contributed by atoms with van der Waals surface area (Å²) < 4.78 is 50.5. The van der Waals surface area contributed by atoms with Gasteiger partial charge in [-0.25, -0.2) is 22.0 Å². The topological polar surface area (TPSA) is 141 Å². The van der Waals surface area contributed by atoms with E-state index in [0.29, 0.717) is 28.8 Å². The first-order chi connectivity index (χ1) is 12.4. The predicted octanol–water partition coefficient (Wildman–Crippen LogP) is 1.61. The smallest absolute Gasteiger partial charge is 0.266 e. The van der Waals surface area contributed by atoms with Crippen LogP contribution in [0, 0.1) is 24.0 Å². The summed E-state index contributed by atoms with van der Waals surface area (Å²) in [6.07, 6.45) is 0.310. The third-order valence-corrected chi connectivity index (χ3v) is 7.47. The molecule has 0 amide bonds. The molecular formula is C16H17N3O6S2. The zero-order valence-corrected chi connectivity index (χ0v) is 16.2. The van der Waals surface area contributed by atoms with Crippen LogP contribution in [0.5, 0.6) is 0 Å². The summed E-state index contributed by atoms with van der Waals surface area (Å²) in [7, 11) is -7.96. The van der Waals surface area contributed by atoms with E-state index in [-0.39, 0.29) is 22.0 Å². The number of benzene rings is 2. The lowest BCUT2D eigenvalue weighted by molar-refractivity contribution is -0.385. The molecule has 0 saturated heterocycles. The number of primary sulfonamides is 1. The number of non-ortho nitro benzene ring substituents is 1. The Hall–Kier alpha value is -2.50. The lowest BCUT2D eigenvalue weighted by Gasteiger charge is -2.21. The third kappa shape index (κ3) is 3.29.